The zero-order valence-corrected chi connectivity index (χ0v) is 18.0. The second-order valence-corrected chi connectivity index (χ2v) is 8.92. The number of para-hydroxylation sites is 2. The van der Waals surface area contributed by atoms with E-state index in [0.717, 1.165) is 40.0 Å². The average molecular weight is 468 g/mol. The van der Waals surface area contributed by atoms with Crippen LogP contribution in [0, 0.1) is 5.92 Å². The third-order valence-corrected chi connectivity index (χ3v) is 6.55. The van der Waals surface area contributed by atoms with Gasteiger partial charge in [-0.3, -0.25) is 9.59 Å². The molecule has 2 fully saturated rings. The summed E-state index contributed by atoms with van der Waals surface area (Å²) < 4.78 is 6.84. The molecule has 5 rings (SSSR count). The van der Waals surface area contributed by atoms with Gasteiger partial charge in [-0.05, 0) is 43.2 Å². The minimum atomic E-state index is -0.280. The predicted octanol–water partition coefficient (Wildman–Crippen LogP) is 4.35. The van der Waals surface area contributed by atoms with Crippen LogP contribution in [0.4, 0.5) is 5.69 Å². The Hall–Kier alpha value is -2.67. The van der Waals surface area contributed by atoms with E-state index in [-0.39, 0.29) is 30.1 Å². The van der Waals surface area contributed by atoms with Crippen LogP contribution in [0.5, 0.6) is 0 Å². The van der Waals surface area contributed by atoms with Gasteiger partial charge >= 0.3 is 0 Å². The molecule has 7 heteroatoms. The van der Waals surface area contributed by atoms with E-state index in [1.165, 1.54) is 0 Å². The van der Waals surface area contributed by atoms with Crippen molar-refractivity contribution in [2.24, 2.45) is 5.92 Å². The Morgan fingerprint density at radius 1 is 1.10 bits per heavy atom. The van der Waals surface area contributed by atoms with Crippen LogP contribution < -0.4 is 4.90 Å². The van der Waals surface area contributed by atoms with Crippen LogP contribution in [-0.2, 0) is 9.59 Å². The molecule has 2 aliphatic heterocycles. The summed E-state index contributed by atoms with van der Waals surface area (Å²) in [6.45, 7) is 1.78. The smallest absolute Gasteiger partial charge is 0.228 e. The van der Waals surface area contributed by atoms with E-state index in [0.29, 0.717) is 19.6 Å². The highest BCUT2D eigenvalue weighted by Crippen LogP contribution is 2.32. The fraction of sp³-hybridized carbons (Fsp3) is 0.348. The lowest BCUT2D eigenvalue weighted by Gasteiger charge is -2.32. The molecular formula is C23H22BrN3O3. The monoisotopic (exact) mass is 467 g/mol. The minimum absolute atomic E-state index is 0.00723. The molecule has 30 heavy (non-hydrogen) atoms. The van der Waals surface area contributed by atoms with E-state index in [4.69, 9.17) is 4.42 Å². The SMILES string of the molecule is O=C(C1CC(=O)N(c2cccc(Br)c2)C1)N1CCC(c2nc3ccccc3o2)CC1. The Bertz CT molecular complexity index is 1070. The van der Waals surface area contributed by atoms with E-state index in [1.54, 1.807) is 4.90 Å². The summed E-state index contributed by atoms with van der Waals surface area (Å²) in [5.41, 5.74) is 2.52. The standard InChI is InChI=1S/C23H22BrN3O3/c24-17-4-3-5-18(13-17)27-14-16(12-21(27)28)23(29)26-10-8-15(9-11-26)22-25-19-6-1-2-7-20(19)30-22/h1-7,13,15-16H,8-12,14H2. The molecule has 0 N–H and O–H groups in total. The van der Waals surface area contributed by atoms with Crippen molar-refractivity contribution in [2.75, 3.05) is 24.5 Å². The van der Waals surface area contributed by atoms with Crippen molar-refractivity contribution in [2.45, 2.75) is 25.2 Å². The number of oxazole rings is 1. The number of fused-ring (bicyclic) bond motifs is 1. The Morgan fingerprint density at radius 2 is 1.90 bits per heavy atom. The number of amides is 2. The number of hydrogen-bond acceptors (Lipinski definition) is 4. The van der Waals surface area contributed by atoms with Gasteiger partial charge in [-0.1, -0.05) is 34.1 Å². The fourth-order valence-electron chi connectivity index (χ4n) is 4.44. The Kier molecular flexibility index (Phi) is 5.06. The first-order valence-electron chi connectivity index (χ1n) is 10.3. The minimum Gasteiger partial charge on any atom is -0.440 e. The number of benzene rings is 2. The zero-order chi connectivity index (χ0) is 20.7. The van der Waals surface area contributed by atoms with Crippen molar-refractivity contribution in [3.8, 4) is 0 Å². The van der Waals surface area contributed by atoms with Crippen LogP contribution in [0.15, 0.2) is 57.4 Å². The third-order valence-electron chi connectivity index (χ3n) is 6.06. The average Bonchev–Trinajstić information content (AvgIpc) is 3.37. The summed E-state index contributed by atoms with van der Waals surface area (Å²) in [7, 11) is 0. The Balaban J connectivity index is 1.22. The van der Waals surface area contributed by atoms with Gasteiger partial charge < -0.3 is 14.2 Å². The predicted molar refractivity (Wildman–Crippen MR) is 117 cm³/mol. The summed E-state index contributed by atoms with van der Waals surface area (Å²) >= 11 is 3.45. The maximum absolute atomic E-state index is 13.1. The number of hydrogen-bond donors (Lipinski definition) is 0. The van der Waals surface area contributed by atoms with Crippen molar-refractivity contribution in [3.63, 3.8) is 0 Å². The van der Waals surface area contributed by atoms with Crippen LogP contribution in [0.25, 0.3) is 11.1 Å². The number of piperidine rings is 1. The van der Waals surface area contributed by atoms with Crippen LogP contribution in [-0.4, -0.2) is 41.3 Å². The number of carbonyl (C=O) groups excluding carboxylic acids is 2. The quantitative estimate of drug-likeness (QED) is 0.574. The van der Waals surface area contributed by atoms with E-state index in [9.17, 15) is 9.59 Å². The Labute approximate surface area is 183 Å². The second kappa shape index (κ2) is 7.87. The number of carbonyl (C=O) groups is 2. The van der Waals surface area contributed by atoms with Gasteiger partial charge in [0.25, 0.3) is 0 Å². The number of rotatable bonds is 3. The molecule has 2 aromatic carbocycles. The molecule has 3 aromatic rings. The largest absolute Gasteiger partial charge is 0.440 e. The van der Waals surface area contributed by atoms with Crippen molar-refractivity contribution < 1.29 is 14.0 Å². The first kappa shape index (κ1) is 19.3. The fourth-order valence-corrected chi connectivity index (χ4v) is 4.82. The molecule has 0 spiro atoms. The topological polar surface area (TPSA) is 66.7 Å². The summed E-state index contributed by atoms with van der Waals surface area (Å²) in [5, 5.41) is 0. The number of halogens is 1. The van der Waals surface area contributed by atoms with Crippen molar-refractivity contribution in [3.05, 3.63) is 58.9 Å². The number of nitrogens with zero attached hydrogens (tertiary/aromatic N) is 3. The van der Waals surface area contributed by atoms with Gasteiger partial charge in [0.15, 0.2) is 11.5 Å². The molecule has 0 bridgehead atoms. The van der Waals surface area contributed by atoms with Gasteiger partial charge in [0.05, 0.1) is 5.92 Å². The molecule has 0 radical (unpaired) electrons. The lowest BCUT2D eigenvalue weighted by Crippen LogP contribution is -2.42. The van der Waals surface area contributed by atoms with Gasteiger partial charge in [-0.2, -0.15) is 0 Å². The van der Waals surface area contributed by atoms with E-state index in [1.807, 2.05) is 53.4 Å². The molecule has 0 aliphatic carbocycles. The number of likely N-dealkylation sites (tertiary alicyclic amines) is 1. The maximum Gasteiger partial charge on any atom is 0.228 e. The second-order valence-electron chi connectivity index (χ2n) is 8.00. The molecule has 1 unspecified atom stereocenters. The first-order valence-corrected chi connectivity index (χ1v) is 11.1. The molecule has 1 aromatic heterocycles. The van der Waals surface area contributed by atoms with Crippen molar-refractivity contribution in [1.29, 1.82) is 0 Å². The molecule has 1 atom stereocenters. The van der Waals surface area contributed by atoms with Crippen molar-refractivity contribution >= 4 is 44.5 Å². The summed E-state index contributed by atoms with van der Waals surface area (Å²) in [6, 6.07) is 15.4. The van der Waals surface area contributed by atoms with Crippen LogP contribution in [0.2, 0.25) is 0 Å². The lowest BCUT2D eigenvalue weighted by atomic mass is 9.95. The van der Waals surface area contributed by atoms with E-state index >= 15 is 0 Å². The lowest BCUT2D eigenvalue weighted by molar-refractivity contribution is -0.136. The summed E-state index contributed by atoms with van der Waals surface area (Å²) in [5.74, 6) is 0.798. The molecular weight excluding hydrogens is 446 g/mol. The van der Waals surface area contributed by atoms with E-state index < -0.39 is 0 Å². The number of aromatic nitrogens is 1. The normalized spacial score (nSPS) is 20.3. The highest BCUT2D eigenvalue weighted by molar-refractivity contribution is 9.10. The number of anilines is 1. The zero-order valence-electron chi connectivity index (χ0n) is 16.5. The molecule has 6 nitrogen and oxygen atoms in total. The van der Waals surface area contributed by atoms with Gasteiger partial charge in [-0.15, -0.1) is 0 Å². The summed E-state index contributed by atoms with van der Waals surface area (Å²) in [4.78, 5) is 33.8. The van der Waals surface area contributed by atoms with Gasteiger partial charge in [-0.25, -0.2) is 4.98 Å². The Morgan fingerprint density at radius 3 is 2.67 bits per heavy atom. The third kappa shape index (κ3) is 3.62. The van der Waals surface area contributed by atoms with E-state index in [2.05, 4.69) is 20.9 Å². The van der Waals surface area contributed by atoms with Gasteiger partial charge in [0.1, 0.15) is 5.52 Å². The highest BCUT2D eigenvalue weighted by Gasteiger charge is 2.38. The molecule has 2 amide bonds. The molecule has 2 saturated heterocycles. The molecule has 2 aliphatic rings. The van der Waals surface area contributed by atoms with Crippen molar-refractivity contribution in [1.82, 2.24) is 9.88 Å². The van der Waals surface area contributed by atoms with Crippen LogP contribution >= 0.6 is 15.9 Å². The summed E-state index contributed by atoms with van der Waals surface area (Å²) in [6.07, 6.45) is 1.93. The van der Waals surface area contributed by atoms with Gasteiger partial charge in [0.2, 0.25) is 11.8 Å². The van der Waals surface area contributed by atoms with Gasteiger partial charge in [0, 0.05) is 42.1 Å². The molecule has 154 valence electrons. The van der Waals surface area contributed by atoms with Crippen LogP contribution in [0.1, 0.15) is 31.1 Å². The van der Waals surface area contributed by atoms with Crippen LogP contribution in [0.3, 0.4) is 0 Å². The first-order chi connectivity index (χ1) is 14.6. The highest BCUT2D eigenvalue weighted by atomic mass is 79.9. The maximum atomic E-state index is 13.1. The molecule has 3 heterocycles. The molecule has 0 saturated carbocycles.